The highest BCUT2D eigenvalue weighted by Crippen LogP contribution is 2.46. The van der Waals surface area contributed by atoms with E-state index < -0.39 is 5.82 Å². The van der Waals surface area contributed by atoms with Crippen LogP contribution in [0.3, 0.4) is 0 Å². The van der Waals surface area contributed by atoms with Crippen LogP contribution in [0, 0.1) is 17.1 Å². The number of hydrogen-bond acceptors (Lipinski definition) is 9. The van der Waals surface area contributed by atoms with Crippen molar-refractivity contribution >= 4 is 27.5 Å². The van der Waals surface area contributed by atoms with Gasteiger partial charge in [-0.1, -0.05) is 36.4 Å². The molecule has 2 bridgehead atoms. The van der Waals surface area contributed by atoms with Gasteiger partial charge in [-0.05, 0) is 85.9 Å². The number of benzene rings is 4. The molecule has 10 heteroatoms. The third-order valence-corrected chi connectivity index (χ3v) is 9.79. The number of fused-ring (bicyclic) bond motifs is 4. The molecule has 0 aliphatic carbocycles. The van der Waals surface area contributed by atoms with Crippen molar-refractivity contribution in [2.75, 3.05) is 38.2 Å². The Morgan fingerprint density at radius 2 is 1.77 bits per heavy atom. The van der Waals surface area contributed by atoms with Crippen LogP contribution in [0.1, 0.15) is 31.2 Å². The van der Waals surface area contributed by atoms with Gasteiger partial charge in [0, 0.05) is 36.6 Å². The van der Waals surface area contributed by atoms with Gasteiger partial charge < -0.3 is 29.7 Å². The number of likely N-dealkylation sites (tertiary alicyclic amines) is 1. The first-order chi connectivity index (χ1) is 22.9. The molecule has 0 spiro atoms. The molecule has 0 amide bonds. The van der Waals surface area contributed by atoms with Crippen molar-refractivity contribution in [3.8, 4) is 40.5 Å². The molecule has 0 saturated carbocycles. The minimum absolute atomic E-state index is 0.00838. The predicted octanol–water partition coefficient (Wildman–Crippen LogP) is 6.37. The molecule has 0 radical (unpaired) electrons. The van der Waals surface area contributed by atoms with Gasteiger partial charge in [0.05, 0.1) is 11.1 Å². The molecule has 5 aromatic rings. The average Bonchev–Trinajstić information content (AvgIpc) is 3.66. The topological polar surface area (TPSA) is 107 Å². The number of aromatic nitrogens is 2. The van der Waals surface area contributed by atoms with Gasteiger partial charge in [0.25, 0.3) is 0 Å². The molecular weight excluding hydrogens is 595 g/mol. The molecule has 2 N–H and O–H groups in total. The van der Waals surface area contributed by atoms with E-state index in [1.807, 2.05) is 24.3 Å². The lowest BCUT2D eigenvalue weighted by molar-refractivity contribution is 0.188. The number of piperazine rings is 1. The van der Waals surface area contributed by atoms with Gasteiger partial charge in [0.15, 0.2) is 5.82 Å². The number of phenols is 1. The third kappa shape index (κ3) is 5.45. The summed E-state index contributed by atoms with van der Waals surface area (Å²) in [6.45, 7) is 2.86. The lowest BCUT2D eigenvalue weighted by atomic mass is 9.95. The van der Waals surface area contributed by atoms with Crippen molar-refractivity contribution in [2.24, 2.45) is 0 Å². The van der Waals surface area contributed by atoms with E-state index in [1.165, 1.54) is 0 Å². The summed E-state index contributed by atoms with van der Waals surface area (Å²) in [4.78, 5) is 14.1. The van der Waals surface area contributed by atoms with E-state index in [4.69, 9.17) is 19.4 Å². The Kier molecular flexibility index (Phi) is 7.51. The first kappa shape index (κ1) is 29.4. The van der Waals surface area contributed by atoms with E-state index in [0.29, 0.717) is 46.8 Å². The Labute approximate surface area is 272 Å². The molecule has 3 fully saturated rings. The zero-order chi connectivity index (χ0) is 32.1. The minimum atomic E-state index is -0.618. The van der Waals surface area contributed by atoms with E-state index in [2.05, 4.69) is 28.2 Å². The average molecular weight is 631 g/mol. The fraction of sp³-hybridized carbons (Fsp3) is 0.324. The van der Waals surface area contributed by atoms with Gasteiger partial charge in [-0.3, -0.25) is 0 Å². The number of hydrogen-bond donors (Lipinski definition) is 2. The lowest BCUT2D eigenvalue weighted by Gasteiger charge is -2.34. The van der Waals surface area contributed by atoms with Crippen LogP contribution in [0.15, 0.2) is 66.7 Å². The number of rotatable bonds is 7. The van der Waals surface area contributed by atoms with Gasteiger partial charge in [-0.15, -0.1) is 0 Å². The van der Waals surface area contributed by atoms with E-state index in [0.717, 1.165) is 56.1 Å². The zero-order valence-corrected chi connectivity index (χ0v) is 26.1. The fourth-order valence-corrected chi connectivity index (χ4v) is 7.40. The highest BCUT2D eigenvalue weighted by Gasteiger charge is 2.35. The van der Waals surface area contributed by atoms with Crippen LogP contribution >= 0.6 is 0 Å². The fourth-order valence-electron chi connectivity index (χ4n) is 7.40. The molecule has 3 atom stereocenters. The maximum atomic E-state index is 17.4. The van der Waals surface area contributed by atoms with Crippen molar-refractivity contribution < 1.29 is 19.0 Å². The van der Waals surface area contributed by atoms with Crippen LogP contribution < -0.4 is 19.7 Å². The van der Waals surface area contributed by atoms with E-state index >= 15 is 4.39 Å². The normalized spacial score (nSPS) is 21.0. The van der Waals surface area contributed by atoms with Crippen molar-refractivity contribution in [2.45, 2.75) is 43.8 Å². The number of likely N-dealkylation sites (N-methyl/N-ethyl adjacent to an activating group) is 1. The van der Waals surface area contributed by atoms with Crippen molar-refractivity contribution in [1.82, 2.24) is 20.2 Å². The van der Waals surface area contributed by atoms with E-state index in [9.17, 15) is 10.4 Å². The van der Waals surface area contributed by atoms with Crippen LogP contribution in [0.4, 0.5) is 10.2 Å². The van der Waals surface area contributed by atoms with E-state index in [1.54, 1.807) is 42.5 Å². The molecule has 9 nitrogen and oxygen atoms in total. The number of anilines is 1. The summed E-state index contributed by atoms with van der Waals surface area (Å²) in [5.41, 5.74) is 0.998. The number of nitrogens with zero attached hydrogens (tertiary/aromatic N) is 5. The predicted molar refractivity (Wildman–Crippen MR) is 179 cm³/mol. The molecule has 8 rings (SSSR count). The summed E-state index contributed by atoms with van der Waals surface area (Å²) in [6.07, 6.45) is 4.27. The summed E-state index contributed by atoms with van der Waals surface area (Å²) < 4.78 is 30.1. The maximum absolute atomic E-state index is 17.4. The Bertz CT molecular complexity index is 2040. The van der Waals surface area contributed by atoms with Crippen LogP contribution in [-0.4, -0.2) is 71.4 Å². The smallest absolute Gasteiger partial charge is 0.319 e. The summed E-state index contributed by atoms with van der Waals surface area (Å²) in [5.74, 6) is 0.450. The summed E-state index contributed by atoms with van der Waals surface area (Å²) in [7, 11) is 2.09. The maximum Gasteiger partial charge on any atom is 0.319 e. The van der Waals surface area contributed by atoms with Crippen LogP contribution in [0.2, 0.25) is 0 Å². The van der Waals surface area contributed by atoms with E-state index in [-0.39, 0.29) is 34.6 Å². The third-order valence-electron chi connectivity index (χ3n) is 9.79. The van der Waals surface area contributed by atoms with Crippen LogP contribution in [0.5, 0.6) is 23.3 Å². The number of nitriles is 1. The van der Waals surface area contributed by atoms with Gasteiger partial charge in [-0.2, -0.15) is 15.2 Å². The highest BCUT2D eigenvalue weighted by atomic mass is 19.1. The summed E-state index contributed by atoms with van der Waals surface area (Å²) >= 11 is 0. The second-order valence-corrected chi connectivity index (χ2v) is 12.8. The first-order valence-corrected chi connectivity index (χ1v) is 16.2. The molecule has 3 saturated heterocycles. The summed E-state index contributed by atoms with van der Waals surface area (Å²) in [6, 6.07) is 22.5. The molecule has 47 heavy (non-hydrogen) atoms. The van der Waals surface area contributed by atoms with Crippen molar-refractivity contribution in [3.05, 3.63) is 78.1 Å². The largest absolute Gasteiger partial charge is 0.508 e. The number of aromatic hydroxyl groups is 1. The second kappa shape index (κ2) is 12.0. The lowest BCUT2D eigenvalue weighted by Crippen LogP contribution is -2.51. The monoisotopic (exact) mass is 630 g/mol. The summed E-state index contributed by atoms with van der Waals surface area (Å²) in [5, 5.41) is 26.3. The molecule has 3 aliphatic heterocycles. The molecule has 3 aliphatic rings. The standard InChI is InChI=1S/C37H35FN6O3/c1-43-14-6-9-26(43)21-46-37-41-35-30(36(42-37)44-19-24-12-13-25(20-44)40-24)17-32(47-31-11-5-3-8-23(31)18-39)33(34(35)38)29-16-27(45)15-22-7-2-4-10-28(22)29/h2-5,7-8,10-11,15-17,24-26,40,45H,6,9,12-14,19-21H2,1H3/t24-,25+,26?. The minimum Gasteiger partial charge on any atom is -0.508 e. The number of ether oxygens (including phenoxy) is 2. The zero-order valence-electron chi connectivity index (χ0n) is 26.1. The van der Waals surface area contributed by atoms with Crippen molar-refractivity contribution in [1.29, 1.82) is 5.26 Å². The highest BCUT2D eigenvalue weighted by molar-refractivity contribution is 6.03. The van der Waals surface area contributed by atoms with Gasteiger partial charge in [0.2, 0.25) is 0 Å². The Morgan fingerprint density at radius 3 is 2.55 bits per heavy atom. The molecular formula is C37H35FN6O3. The number of para-hydroxylation sites is 1. The Balaban J connectivity index is 1.36. The van der Waals surface area contributed by atoms with Crippen LogP contribution in [-0.2, 0) is 0 Å². The Morgan fingerprint density at radius 1 is 0.979 bits per heavy atom. The molecule has 238 valence electrons. The van der Waals surface area contributed by atoms with Gasteiger partial charge >= 0.3 is 6.01 Å². The second-order valence-electron chi connectivity index (χ2n) is 12.8. The number of phenolic OH excluding ortho intramolecular Hbond substituents is 1. The van der Waals surface area contributed by atoms with Gasteiger partial charge in [0.1, 0.15) is 41.3 Å². The molecule has 1 aromatic heterocycles. The number of halogens is 1. The quantitative estimate of drug-likeness (QED) is 0.212. The van der Waals surface area contributed by atoms with Gasteiger partial charge in [-0.25, -0.2) is 4.39 Å². The number of nitrogens with one attached hydrogen (secondary N) is 1. The SMILES string of the molecule is CN1CCCC1COc1nc(N2C[C@H]3CC[C@@H](C2)N3)c2cc(Oc3ccccc3C#N)c(-c3cc(O)cc4ccccc34)c(F)c2n1. The molecule has 4 aromatic carbocycles. The first-order valence-electron chi connectivity index (χ1n) is 16.2. The molecule has 4 heterocycles. The van der Waals surface area contributed by atoms with Crippen molar-refractivity contribution in [3.63, 3.8) is 0 Å². The molecule has 1 unspecified atom stereocenters. The Hall–Kier alpha value is -4.98. The van der Waals surface area contributed by atoms with Crippen LogP contribution in [0.25, 0.3) is 32.8 Å².